The van der Waals surface area contributed by atoms with Crippen molar-refractivity contribution in [1.82, 2.24) is 4.98 Å². The number of nitriles is 1. The maximum atomic E-state index is 9.06. The van der Waals surface area contributed by atoms with Crippen LogP contribution in [0.25, 0.3) is 0 Å². The lowest BCUT2D eigenvalue weighted by molar-refractivity contribution is 0.235. The van der Waals surface area contributed by atoms with Gasteiger partial charge in [-0.2, -0.15) is 5.26 Å². The number of aliphatic hydroxyl groups is 1. The SMILES string of the molecule is CC(C)(C)C(CCO)Nc1ccc(C#N)nc1. The Labute approximate surface area is 102 Å². The van der Waals surface area contributed by atoms with E-state index < -0.39 is 0 Å². The summed E-state index contributed by atoms with van der Waals surface area (Å²) in [5.74, 6) is 0. The van der Waals surface area contributed by atoms with Crippen LogP contribution in [0.2, 0.25) is 0 Å². The van der Waals surface area contributed by atoms with Crippen LogP contribution in [0.3, 0.4) is 0 Å². The maximum Gasteiger partial charge on any atom is 0.140 e. The molecule has 1 aromatic rings. The minimum atomic E-state index is 0.0522. The first-order valence-electron chi connectivity index (χ1n) is 5.71. The van der Waals surface area contributed by atoms with Gasteiger partial charge in [0, 0.05) is 12.6 Å². The van der Waals surface area contributed by atoms with Crippen LogP contribution in [0.15, 0.2) is 18.3 Å². The molecular weight excluding hydrogens is 214 g/mol. The van der Waals surface area contributed by atoms with Crippen molar-refractivity contribution in [2.24, 2.45) is 5.41 Å². The first-order chi connectivity index (χ1) is 7.97. The van der Waals surface area contributed by atoms with Gasteiger partial charge in [-0.1, -0.05) is 20.8 Å². The average molecular weight is 233 g/mol. The van der Waals surface area contributed by atoms with Gasteiger partial charge in [-0.25, -0.2) is 4.98 Å². The van der Waals surface area contributed by atoms with E-state index in [-0.39, 0.29) is 18.1 Å². The Morgan fingerprint density at radius 3 is 2.59 bits per heavy atom. The molecule has 92 valence electrons. The molecule has 0 saturated carbocycles. The van der Waals surface area contributed by atoms with Gasteiger partial charge in [-0.15, -0.1) is 0 Å². The Kier molecular flexibility index (Phi) is 4.47. The van der Waals surface area contributed by atoms with E-state index in [2.05, 4.69) is 31.1 Å². The molecule has 0 spiro atoms. The molecule has 4 heteroatoms. The van der Waals surface area contributed by atoms with Crippen molar-refractivity contribution in [2.75, 3.05) is 11.9 Å². The van der Waals surface area contributed by atoms with E-state index in [4.69, 9.17) is 10.4 Å². The standard InChI is InChI=1S/C13H19N3O/c1-13(2,3)12(6-7-17)16-11-5-4-10(8-14)15-9-11/h4-5,9,12,16-17H,6-7H2,1-3H3. The highest BCUT2D eigenvalue weighted by atomic mass is 16.3. The quantitative estimate of drug-likeness (QED) is 0.836. The third-order valence-corrected chi connectivity index (χ3v) is 2.68. The van der Waals surface area contributed by atoms with Crippen LogP contribution in [0.4, 0.5) is 5.69 Å². The second kappa shape index (κ2) is 5.65. The van der Waals surface area contributed by atoms with Crippen molar-refractivity contribution in [3.05, 3.63) is 24.0 Å². The van der Waals surface area contributed by atoms with Crippen LogP contribution in [-0.4, -0.2) is 22.7 Å². The number of hydrogen-bond acceptors (Lipinski definition) is 4. The molecule has 0 radical (unpaired) electrons. The molecule has 1 atom stereocenters. The molecule has 2 N–H and O–H groups in total. The summed E-state index contributed by atoms with van der Waals surface area (Å²) in [7, 11) is 0. The molecule has 0 aliphatic rings. The van der Waals surface area contributed by atoms with Crippen LogP contribution in [0, 0.1) is 16.7 Å². The van der Waals surface area contributed by atoms with Gasteiger partial charge >= 0.3 is 0 Å². The lowest BCUT2D eigenvalue weighted by Gasteiger charge is -2.31. The summed E-state index contributed by atoms with van der Waals surface area (Å²) in [6, 6.07) is 5.67. The van der Waals surface area contributed by atoms with Crippen molar-refractivity contribution < 1.29 is 5.11 Å². The van der Waals surface area contributed by atoms with Crippen molar-refractivity contribution in [2.45, 2.75) is 33.2 Å². The highest BCUT2D eigenvalue weighted by Gasteiger charge is 2.23. The normalized spacial score (nSPS) is 12.9. The molecule has 4 nitrogen and oxygen atoms in total. The van der Waals surface area contributed by atoms with Gasteiger partial charge in [0.15, 0.2) is 0 Å². The molecule has 0 bridgehead atoms. The molecule has 0 aliphatic heterocycles. The largest absolute Gasteiger partial charge is 0.396 e. The molecule has 1 rings (SSSR count). The Morgan fingerprint density at radius 2 is 2.18 bits per heavy atom. The van der Waals surface area contributed by atoms with E-state index >= 15 is 0 Å². The highest BCUT2D eigenvalue weighted by molar-refractivity contribution is 5.43. The monoisotopic (exact) mass is 233 g/mol. The van der Waals surface area contributed by atoms with Crippen LogP contribution in [-0.2, 0) is 0 Å². The summed E-state index contributed by atoms with van der Waals surface area (Å²) in [5.41, 5.74) is 1.33. The fourth-order valence-electron chi connectivity index (χ4n) is 1.60. The molecular formula is C13H19N3O. The van der Waals surface area contributed by atoms with Crippen molar-refractivity contribution >= 4 is 5.69 Å². The first kappa shape index (κ1) is 13.5. The number of aliphatic hydroxyl groups excluding tert-OH is 1. The second-order valence-electron chi connectivity index (χ2n) is 5.12. The van der Waals surface area contributed by atoms with E-state index in [0.29, 0.717) is 12.1 Å². The Hall–Kier alpha value is -1.60. The Balaban J connectivity index is 2.76. The van der Waals surface area contributed by atoms with Crippen LogP contribution in [0.1, 0.15) is 32.9 Å². The molecule has 17 heavy (non-hydrogen) atoms. The summed E-state index contributed by atoms with van der Waals surface area (Å²) in [4.78, 5) is 4.01. The molecule has 0 aliphatic carbocycles. The maximum absolute atomic E-state index is 9.06. The van der Waals surface area contributed by atoms with Gasteiger partial charge < -0.3 is 10.4 Å². The third kappa shape index (κ3) is 4.04. The zero-order chi connectivity index (χ0) is 12.9. The summed E-state index contributed by atoms with van der Waals surface area (Å²) >= 11 is 0. The number of pyridine rings is 1. The number of nitrogens with one attached hydrogen (secondary N) is 1. The van der Waals surface area contributed by atoms with Gasteiger partial charge in [0.2, 0.25) is 0 Å². The zero-order valence-corrected chi connectivity index (χ0v) is 10.6. The van der Waals surface area contributed by atoms with Crippen LogP contribution in [0.5, 0.6) is 0 Å². The molecule has 1 unspecified atom stereocenters. The molecule has 0 aromatic carbocycles. The summed E-state index contributed by atoms with van der Waals surface area (Å²) in [6.45, 7) is 6.52. The molecule has 0 fully saturated rings. The fourth-order valence-corrected chi connectivity index (χ4v) is 1.60. The Morgan fingerprint density at radius 1 is 1.47 bits per heavy atom. The van der Waals surface area contributed by atoms with E-state index in [0.717, 1.165) is 5.69 Å². The minimum absolute atomic E-state index is 0.0522. The number of nitrogens with zero attached hydrogens (tertiary/aromatic N) is 2. The van der Waals surface area contributed by atoms with Crippen molar-refractivity contribution in [3.63, 3.8) is 0 Å². The number of hydrogen-bond donors (Lipinski definition) is 2. The lowest BCUT2D eigenvalue weighted by Crippen LogP contribution is -2.34. The number of rotatable bonds is 4. The van der Waals surface area contributed by atoms with E-state index in [1.807, 2.05) is 12.1 Å². The minimum Gasteiger partial charge on any atom is -0.396 e. The summed E-state index contributed by atoms with van der Waals surface area (Å²) < 4.78 is 0. The Bertz CT molecular complexity index is 387. The van der Waals surface area contributed by atoms with E-state index in [1.165, 1.54) is 0 Å². The molecule has 1 aromatic heterocycles. The number of aromatic nitrogens is 1. The van der Waals surface area contributed by atoms with Gasteiger partial charge in [0.1, 0.15) is 11.8 Å². The van der Waals surface area contributed by atoms with Crippen LogP contribution >= 0.6 is 0 Å². The summed E-state index contributed by atoms with van der Waals surface area (Å²) in [6.07, 6.45) is 2.33. The van der Waals surface area contributed by atoms with Crippen molar-refractivity contribution in [1.29, 1.82) is 5.26 Å². The highest BCUT2D eigenvalue weighted by Crippen LogP contribution is 2.25. The van der Waals surface area contributed by atoms with Gasteiger partial charge in [-0.05, 0) is 24.0 Å². The smallest absolute Gasteiger partial charge is 0.140 e. The second-order valence-corrected chi connectivity index (χ2v) is 5.12. The summed E-state index contributed by atoms with van der Waals surface area (Å²) in [5, 5.41) is 21.1. The predicted octanol–water partition coefficient (Wildman–Crippen LogP) is 2.16. The first-order valence-corrected chi connectivity index (χ1v) is 5.71. The molecule has 1 heterocycles. The zero-order valence-electron chi connectivity index (χ0n) is 10.6. The molecule has 0 amide bonds. The van der Waals surface area contributed by atoms with Gasteiger partial charge in [0.05, 0.1) is 11.9 Å². The third-order valence-electron chi connectivity index (χ3n) is 2.68. The van der Waals surface area contributed by atoms with Gasteiger partial charge in [0.25, 0.3) is 0 Å². The lowest BCUT2D eigenvalue weighted by atomic mass is 9.85. The van der Waals surface area contributed by atoms with Gasteiger partial charge in [-0.3, -0.25) is 0 Å². The predicted molar refractivity (Wildman–Crippen MR) is 67.5 cm³/mol. The fraction of sp³-hybridized carbons (Fsp3) is 0.538. The molecule has 0 saturated heterocycles. The topological polar surface area (TPSA) is 68.9 Å². The van der Waals surface area contributed by atoms with Crippen LogP contribution < -0.4 is 5.32 Å². The van der Waals surface area contributed by atoms with Crippen molar-refractivity contribution in [3.8, 4) is 6.07 Å². The van der Waals surface area contributed by atoms with E-state index in [1.54, 1.807) is 12.3 Å². The number of anilines is 1. The average Bonchev–Trinajstić information content (AvgIpc) is 2.28. The van der Waals surface area contributed by atoms with E-state index in [9.17, 15) is 0 Å².